The number of hydrogen-bond donors (Lipinski definition) is 1. The van der Waals surface area contributed by atoms with E-state index in [1.165, 1.54) is 6.07 Å². The molecular formula is C22H17Cl2F3N4O2. The van der Waals surface area contributed by atoms with Gasteiger partial charge in [-0.15, -0.1) is 0 Å². The first-order valence-electron chi connectivity index (χ1n) is 10.2. The van der Waals surface area contributed by atoms with Crippen molar-refractivity contribution in [1.82, 2.24) is 20.4 Å². The number of nitrogens with zero attached hydrogens (tertiary/aromatic N) is 3. The third-order valence-electron chi connectivity index (χ3n) is 6.03. The lowest BCUT2D eigenvalue weighted by Gasteiger charge is -2.38. The van der Waals surface area contributed by atoms with E-state index in [1.807, 2.05) is 17.0 Å². The van der Waals surface area contributed by atoms with Gasteiger partial charge in [0.05, 0.1) is 0 Å². The maximum Gasteiger partial charge on any atom is 0.471 e. The SMILES string of the molecule is O=C1c2cc(-c3noc(C(F)(F)F)n3)ccc2CN1C1CCNC[C@@H]1c1cc(Cl)cc(Cl)c1. The molecule has 0 saturated carbocycles. The largest absolute Gasteiger partial charge is 0.471 e. The highest BCUT2D eigenvalue weighted by Gasteiger charge is 2.40. The number of carbonyl (C=O) groups excluding carboxylic acids is 1. The minimum Gasteiger partial charge on any atom is -0.331 e. The minimum atomic E-state index is -4.73. The van der Waals surface area contributed by atoms with Crippen LogP contribution in [0.5, 0.6) is 0 Å². The second kappa shape index (κ2) is 8.30. The van der Waals surface area contributed by atoms with Crippen molar-refractivity contribution in [3.8, 4) is 11.4 Å². The van der Waals surface area contributed by atoms with Crippen LogP contribution in [-0.2, 0) is 12.7 Å². The van der Waals surface area contributed by atoms with Crippen LogP contribution >= 0.6 is 23.2 Å². The lowest BCUT2D eigenvalue weighted by molar-refractivity contribution is -0.159. The van der Waals surface area contributed by atoms with E-state index in [1.54, 1.807) is 18.2 Å². The number of carbonyl (C=O) groups is 1. The zero-order valence-corrected chi connectivity index (χ0v) is 18.5. The number of halogens is 5. The molecule has 1 unspecified atom stereocenters. The Morgan fingerprint density at radius 3 is 2.58 bits per heavy atom. The predicted molar refractivity (Wildman–Crippen MR) is 115 cm³/mol. The van der Waals surface area contributed by atoms with Gasteiger partial charge in [0.2, 0.25) is 5.82 Å². The predicted octanol–water partition coefficient (Wildman–Crippen LogP) is 5.16. The van der Waals surface area contributed by atoms with Gasteiger partial charge < -0.3 is 14.7 Å². The van der Waals surface area contributed by atoms with Crippen molar-refractivity contribution in [2.75, 3.05) is 13.1 Å². The Kier molecular flexibility index (Phi) is 5.58. The summed E-state index contributed by atoms with van der Waals surface area (Å²) in [6.45, 7) is 1.82. The fourth-order valence-electron chi connectivity index (χ4n) is 4.53. The number of alkyl halides is 3. The normalized spacial score (nSPS) is 20.9. The molecule has 1 fully saturated rings. The molecule has 1 aromatic heterocycles. The van der Waals surface area contributed by atoms with Gasteiger partial charge in [-0.05, 0) is 48.4 Å². The zero-order chi connectivity index (χ0) is 23.3. The van der Waals surface area contributed by atoms with Crippen LogP contribution in [-0.4, -0.2) is 40.1 Å². The first kappa shape index (κ1) is 22.2. The van der Waals surface area contributed by atoms with Crippen LogP contribution in [0.15, 0.2) is 40.9 Å². The fraction of sp³-hybridized carbons (Fsp3) is 0.318. The van der Waals surface area contributed by atoms with Crippen LogP contribution < -0.4 is 5.32 Å². The van der Waals surface area contributed by atoms with Crippen molar-refractivity contribution in [3.63, 3.8) is 0 Å². The third-order valence-corrected chi connectivity index (χ3v) is 6.46. The van der Waals surface area contributed by atoms with E-state index in [-0.39, 0.29) is 29.3 Å². The van der Waals surface area contributed by atoms with Crippen molar-refractivity contribution < 1.29 is 22.5 Å². The Morgan fingerprint density at radius 1 is 1.12 bits per heavy atom. The van der Waals surface area contributed by atoms with Crippen LogP contribution in [0.3, 0.4) is 0 Å². The number of piperidine rings is 1. The van der Waals surface area contributed by atoms with Crippen molar-refractivity contribution >= 4 is 29.1 Å². The molecule has 1 saturated heterocycles. The van der Waals surface area contributed by atoms with Crippen molar-refractivity contribution in [1.29, 1.82) is 0 Å². The van der Waals surface area contributed by atoms with Crippen molar-refractivity contribution in [2.45, 2.75) is 31.1 Å². The average molecular weight is 497 g/mol. The number of rotatable bonds is 3. The Labute approximate surface area is 196 Å². The zero-order valence-electron chi connectivity index (χ0n) is 17.0. The highest BCUT2D eigenvalue weighted by molar-refractivity contribution is 6.34. The number of amides is 1. The maximum atomic E-state index is 13.4. The number of hydrogen-bond acceptors (Lipinski definition) is 5. The number of nitrogens with one attached hydrogen (secondary N) is 1. The van der Waals surface area contributed by atoms with Crippen LogP contribution in [0, 0.1) is 0 Å². The van der Waals surface area contributed by atoms with E-state index >= 15 is 0 Å². The van der Waals surface area contributed by atoms with Gasteiger partial charge in [-0.25, -0.2) is 0 Å². The molecule has 1 amide bonds. The van der Waals surface area contributed by atoms with E-state index in [0.717, 1.165) is 24.1 Å². The molecule has 2 atom stereocenters. The molecule has 3 aromatic rings. The highest BCUT2D eigenvalue weighted by atomic mass is 35.5. The maximum absolute atomic E-state index is 13.4. The van der Waals surface area contributed by atoms with Gasteiger partial charge in [-0.2, -0.15) is 18.2 Å². The van der Waals surface area contributed by atoms with Gasteiger partial charge in [-0.3, -0.25) is 4.79 Å². The van der Waals surface area contributed by atoms with Crippen LogP contribution in [0.4, 0.5) is 13.2 Å². The summed E-state index contributed by atoms with van der Waals surface area (Å²) in [6.07, 6.45) is -4.00. The first-order valence-corrected chi connectivity index (χ1v) is 11.0. The van der Waals surface area contributed by atoms with Crippen molar-refractivity contribution in [2.24, 2.45) is 0 Å². The molecule has 2 aliphatic heterocycles. The average Bonchev–Trinajstić information content (AvgIpc) is 3.38. The van der Waals surface area contributed by atoms with Gasteiger partial charge in [0.15, 0.2) is 0 Å². The second-order valence-electron chi connectivity index (χ2n) is 8.10. The number of fused-ring (bicyclic) bond motifs is 1. The monoisotopic (exact) mass is 496 g/mol. The summed E-state index contributed by atoms with van der Waals surface area (Å²) in [4.78, 5) is 18.6. The van der Waals surface area contributed by atoms with Gasteiger partial charge >= 0.3 is 12.1 Å². The summed E-state index contributed by atoms with van der Waals surface area (Å²) < 4.78 is 42.7. The molecule has 2 aromatic carbocycles. The Bertz CT molecular complexity index is 1210. The number of benzene rings is 2. The molecule has 11 heteroatoms. The molecule has 2 aliphatic rings. The molecule has 5 rings (SSSR count). The summed E-state index contributed by atoms with van der Waals surface area (Å²) >= 11 is 12.4. The fourth-order valence-corrected chi connectivity index (χ4v) is 5.08. The quantitative estimate of drug-likeness (QED) is 0.541. The van der Waals surface area contributed by atoms with E-state index in [4.69, 9.17) is 23.2 Å². The molecule has 33 heavy (non-hydrogen) atoms. The topological polar surface area (TPSA) is 71.3 Å². The van der Waals surface area contributed by atoms with Gasteiger partial charge in [0, 0.05) is 46.2 Å². The smallest absolute Gasteiger partial charge is 0.331 e. The van der Waals surface area contributed by atoms with Gasteiger partial charge in [-0.1, -0.05) is 40.5 Å². The van der Waals surface area contributed by atoms with Gasteiger partial charge in [0.1, 0.15) is 0 Å². The van der Waals surface area contributed by atoms with Crippen LogP contribution in [0.1, 0.15) is 39.7 Å². The van der Waals surface area contributed by atoms with Crippen LogP contribution in [0.25, 0.3) is 11.4 Å². The molecule has 0 radical (unpaired) electrons. The van der Waals surface area contributed by atoms with E-state index < -0.39 is 12.1 Å². The van der Waals surface area contributed by atoms with E-state index in [2.05, 4.69) is 20.0 Å². The van der Waals surface area contributed by atoms with Crippen LogP contribution in [0.2, 0.25) is 10.0 Å². The van der Waals surface area contributed by atoms with E-state index in [9.17, 15) is 18.0 Å². The molecule has 6 nitrogen and oxygen atoms in total. The lowest BCUT2D eigenvalue weighted by atomic mass is 9.86. The second-order valence-corrected chi connectivity index (χ2v) is 8.97. The first-order chi connectivity index (χ1) is 15.7. The summed E-state index contributed by atoms with van der Waals surface area (Å²) in [5.74, 6) is -1.84. The Balaban J connectivity index is 1.44. The third kappa shape index (κ3) is 4.20. The molecule has 1 N–H and O–H groups in total. The highest BCUT2D eigenvalue weighted by Crippen LogP contribution is 2.37. The lowest BCUT2D eigenvalue weighted by Crippen LogP contribution is -2.48. The number of aromatic nitrogens is 2. The molecule has 0 bridgehead atoms. The molecule has 3 heterocycles. The van der Waals surface area contributed by atoms with E-state index in [0.29, 0.717) is 28.7 Å². The van der Waals surface area contributed by atoms with Gasteiger partial charge in [0.25, 0.3) is 5.91 Å². The summed E-state index contributed by atoms with van der Waals surface area (Å²) in [6, 6.07) is 10.1. The Morgan fingerprint density at radius 2 is 1.88 bits per heavy atom. The van der Waals surface area contributed by atoms with Crippen molar-refractivity contribution in [3.05, 3.63) is 69.0 Å². The molecule has 172 valence electrons. The summed E-state index contributed by atoms with van der Waals surface area (Å²) in [5, 5.41) is 7.84. The molecule has 0 spiro atoms. The standard InChI is InChI=1S/C22H17Cl2F3N4O2/c23-14-5-13(6-15(24)8-14)17-9-28-4-3-18(17)31-10-12-2-1-11(7-16(12)20(31)32)19-29-21(33-30-19)22(25,26)27/h1-2,5-8,17-18,28H,3-4,9-10H2/t17-,18?/m1/s1. The minimum absolute atomic E-state index is 0.0146. The summed E-state index contributed by atoms with van der Waals surface area (Å²) in [7, 11) is 0. The summed E-state index contributed by atoms with van der Waals surface area (Å²) in [5.41, 5.74) is 2.45. The Hall–Kier alpha value is -2.62. The molecular weight excluding hydrogens is 480 g/mol. The molecule has 0 aliphatic carbocycles.